The second-order valence-electron chi connectivity index (χ2n) is 7.07. The van der Waals surface area contributed by atoms with Crippen LogP contribution in [0.4, 0.5) is 0 Å². The predicted octanol–water partition coefficient (Wildman–Crippen LogP) is 5.03. The van der Waals surface area contributed by atoms with Crippen LogP contribution in [0.3, 0.4) is 0 Å². The van der Waals surface area contributed by atoms with Gasteiger partial charge in [0.15, 0.2) is 0 Å². The summed E-state index contributed by atoms with van der Waals surface area (Å²) in [5.74, 6) is 2.07. The summed E-state index contributed by atoms with van der Waals surface area (Å²) >= 11 is 0. The van der Waals surface area contributed by atoms with Gasteiger partial charge in [0.05, 0.1) is 0 Å². The molecule has 88 valence electrons. The lowest BCUT2D eigenvalue weighted by Crippen LogP contribution is -2.29. The third kappa shape index (κ3) is 1.85. The van der Waals surface area contributed by atoms with Crippen molar-refractivity contribution >= 4 is 0 Å². The van der Waals surface area contributed by atoms with Crippen molar-refractivity contribution in [1.82, 2.24) is 0 Å². The quantitative estimate of drug-likeness (QED) is 0.597. The van der Waals surface area contributed by atoms with Crippen LogP contribution in [0.2, 0.25) is 0 Å². The minimum atomic E-state index is 0.620. The van der Waals surface area contributed by atoms with Crippen molar-refractivity contribution in [3.63, 3.8) is 0 Å². The Morgan fingerprint density at radius 3 is 2.20 bits per heavy atom. The molecule has 2 fully saturated rings. The molecule has 2 aliphatic carbocycles. The molecule has 0 nitrogen and oxygen atoms in total. The van der Waals surface area contributed by atoms with E-state index in [4.69, 9.17) is 0 Å². The number of fused-ring (bicyclic) bond motifs is 1. The first-order chi connectivity index (χ1) is 6.99. The van der Waals surface area contributed by atoms with Gasteiger partial charge < -0.3 is 0 Å². The van der Waals surface area contributed by atoms with Crippen molar-refractivity contribution in [3.05, 3.63) is 0 Å². The Balaban J connectivity index is 2.21. The van der Waals surface area contributed by atoms with Crippen molar-refractivity contribution < 1.29 is 0 Å². The molecule has 0 bridgehead atoms. The van der Waals surface area contributed by atoms with Crippen LogP contribution in [0.15, 0.2) is 0 Å². The molecule has 0 N–H and O–H groups in total. The summed E-state index contributed by atoms with van der Waals surface area (Å²) in [6, 6.07) is 0. The minimum absolute atomic E-state index is 0.620. The van der Waals surface area contributed by atoms with Crippen molar-refractivity contribution in [2.24, 2.45) is 22.7 Å². The molecule has 0 spiro atoms. The fourth-order valence-electron chi connectivity index (χ4n) is 5.05. The van der Waals surface area contributed by atoms with Crippen molar-refractivity contribution in [1.29, 1.82) is 0 Å². The highest BCUT2D eigenvalue weighted by molar-refractivity contribution is 5.03. The molecule has 0 radical (unpaired) electrons. The molecular formula is C15H28. The maximum atomic E-state index is 2.58. The monoisotopic (exact) mass is 208 g/mol. The van der Waals surface area contributed by atoms with E-state index in [2.05, 4.69) is 27.7 Å². The smallest absolute Gasteiger partial charge is 0.0290 e. The van der Waals surface area contributed by atoms with Gasteiger partial charge >= 0.3 is 0 Å². The molecule has 0 aliphatic heterocycles. The van der Waals surface area contributed by atoms with E-state index >= 15 is 0 Å². The first-order valence-corrected chi connectivity index (χ1v) is 6.99. The Morgan fingerprint density at radius 2 is 1.60 bits per heavy atom. The molecular weight excluding hydrogens is 180 g/mol. The van der Waals surface area contributed by atoms with E-state index in [1.54, 1.807) is 0 Å². The third-order valence-electron chi connectivity index (χ3n) is 5.35. The van der Waals surface area contributed by atoms with Gasteiger partial charge in [0, 0.05) is 0 Å². The Labute approximate surface area is 95.8 Å². The average molecular weight is 208 g/mol. The molecule has 0 heteroatoms. The molecule has 2 rings (SSSR count). The standard InChI is InChI=1S/C15H28/c1-5-10-15(4)11-14(2,3)12-8-6-7-9-13(12)15/h12-13H,5-11H2,1-4H3. The van der Waals surface area contributed by atoms with E-state index in [-0.39, 0.29) is 0 Å². The molecule has 0 amide bonds. The highest BCUT2D eigenvalue weighted by Gasteiger charge is 2.53. The molecule has 0 saturated heterocycles. The molecule has 3 unspecified atom stereocenters. The average Bonchev–Trinajstić information content (AvgIpc) is 2.36. The van der Waals surface area contributed by atoms with Gasteiger partial charge in [-0.15, -0.1) is 0 Å². The highest BCUT2D eigenvalue weighted by Crippen LogP contribution is 2.62. The normalized spacial score (nSPS) is 44.0. The second-order valence-corrected chi connectivity index (χ2v) is 7.07. The van der Waals surface area contributed by atoms with Crippen LogP contribution in [0.1, 0.15) is 72.6 Å². The fourth-order valence-corrected chi connectivity index (χ4v) is 5.05. The summed E-state index contributed by atoms with van der Waals surface area (Å²) in [7, 11) is 0. The second kappa shape index (κ2) is 3.79. The summed E-state index contributed by atoms with van der Waals surface area (Å²) in [6.07, 6.45) is 10.3. The first-order valence-electron chi connectivity index (χ1n) is 6.99. The van der Waals surface area contributed by atoms with Gasteiger partial charge in [0.2, 0.25) is 0 Å². The van der Waals surface area contributed by atoms with Crippen molar-refractivity contribution in [3.8, 4) is 0 Å². The van der Waals surface area contributed by atoms with E-state index in [0.29, 0.717) is 10.8 Å². The Hall–Kier alpha value is 0. The molecule has 0 aromatic carbocycles. The molecule has 0 heterocycles. The van der Waals surface area contributed by atoms with Crippen LogP contribution in [-0.4, -0.2) is 0 Å². The summed E-state index contributed by atoms with van der Waals surface area (Å²) in [6.45, 7) is 9.98. The molecule has 3 atom stereocenters. The molecule has 0 aromatic heterocycles. The van der Waals surface area contributed by atoms with Crippen LogP contribution in [0, 0.1) is 22.7 Å². The highest BCUT2D eigenvalue weighted by atomic mass is 14.6. The zero-order chi connectivity index (χ0) is 11.1. The van der Waals surface area contributed by atoms with E-state index < -0.39 is 0 Å². The summed E-state index contributed by atoms with van der Waals surface area (Å²) in [4.78, 5) is 0. The lowest BCUT2D eigenvalue weighted by atomic mass is 9.67. The number of hydrogen-bond donors (Lipinski definition) is 0. The molecule has 2 aliphatic rings. The lowest BCUT2D eigenvalue weighted by Gasteiger charge is -2.38. The SMILES string of the molecule is CCCC1(C)CC(C)(C)C2CCCCC21. The van der Waals surface area contributed by atoms with Crippen LogP contribution >= 0.6 is 0 Å². The van der Waals surface area contributed by atoms with Gasteiger partial charge in [0.25, 0.3) is 0 Å². The first kappa shape index (κ1) is 11.5. The van der Waals surface area contributed by atoms with E-state index in [0.717, 1.165) is 11.8 Å². The Kier molecular flexibility index (Phi) is 2.90. The zero-order valence-corrected chi connectivity index (χ0v) is 11.1. The lowest BCUT2D eigenvalue weighted by molar-refractivity contribution is 0.120. The maximum Gasteiger partial charge on any atom is -0.0290 e. The molecule has 2 saturated carbocycles. The summed E-state index contributed by atoms with van der Waals surface area (Å²) < 4.78 is 0. The third-order valence-corrected chi connectivity index (χ3v) is 5.35. The maximum absolute atomic E-state index is 2.58. The van der Waals surface area contributed by atoms with Crippen LogP contribution in [0.25, 0.3) is 0 Å². The van der Waals surface area contributed by atoms with Gasteiger partial charge in [-0.3, -0.25) is 0 Å². The van der Waals surface area contributed by atoms with Gasteiger partial charge in [-0.25, -0.2) is 0 Å². The summed E-state index contributed by atoms with van der Waals surface area (Å²) in [5, 5.41) is 0. The van der Waals surface area contributed by atoms with Gasteiger partial charge in [0.1, 0.15) is 0 Å². The zero-order valence-electron chi connectivity index (χ0n) is 11.1. The van der Waals surface area contributed by atoms with Gasteiger partial charge in [-0.1, -0.05) is 47.0 Å². The van der Waals surface area contributed by atoms with Gasteiger partial charge in [-0.2, -0.15) is 0 Å². The van der Waals surface area contributed by atoms with Crippen molar-refractivity contribution in [2.45, 2.75) is 72.6 Å². The fraction of sp³-hybridized carbons (Fsp3) is 1.00. The minimum Gasteiger partial charge on any atom is -0.0654 e. The predicted molar refractivity (Wildman–Crippen MR) is 66.9 cm³/mol. The van der Waals surface area contributed by atoms with Crippen LogP contribution in [-0.2, 0) is 0 Å². The Morgan fingerprint density at radius 1 is 1.00 bits per heavy atom. The van der Waals surface area contributed by atoms with Crippen LogP contribution < -0.4 is 0 Å². The molecule has 15 heavy (non-hydrogen) atoms. The topological polar surface area (TPSA) is 0 Å². The Bertz CT molecular complexity index is 228. The van der Waals surface area contributed by atoms with Crippen molar-refractivity contribution in [2.75, 3.05) is 0 Å². The number of hydrogen-bond acceptors (Lipinski definition) is 0. The number of rotatable bonds is 2. The molecule has 0 aromatic rings. The van der Waals surface area contributed by atoms with E-state index in [9.17, 15) is 0 Å². The van der Waals surface area contributed by atoms with E-state index in [1.807, 2.05) is 0 Å². The van der Waals surface area contributed by atoms with Crippen LogP contribution in [0.5, 0.6) is 0 Å². The summed E-state index contributed by atoms with van der Waals surface area (Å²) in [5.41, 5.74) is 1.29. The largest absolute Gasteiger partial charge is 0.0654 e. The van der Waals surface area contributed by atoms with E-state index in [1.165, 1.54) is 44.9 Å². The van der Waals surface area contributed by atoms with Gasteiger partial charge in [-0.05, 0) is 48.3 Å².